The molecule has 2 N–H and O–H groups in total. The Kier molecular flexibility index (Phi) is 6.75. The minimum atomic E-state index is -0.312. The molecular formula is C23H22N2O3. The van der Waals surface area contributed by atoms with E-state index in [1.54, 1.807) is 12.1 Å². The van der Waals surface area contributed by atoms with Gasteiger partial charge in [-0.1, -0.05) is 48.2 Å². The van der Waals surface area contributed by atoms with Crippen LogP contribution in [0.4, 0.5) is 10.5 Å². The van der Waals surface area contributed by atoms with Crippen LogP contribution in [0.5, 0.6) is 11.5 Å². The average Bonchev–Trinajstić information content (AvgIpc) is 2.72. The van der Waals surface area contributed by atoms with Gasteiger partial charge in [0.05, 0.1) is 13.2 Å². The Morgan fingerprint density at radius 1 is 0.929 bits per heavy atom. The number of fused-ring (bicyclic) bond motifs is 1. The van der Waals surface area contributed by atoms with Gasteiger partial charge in [-0.25, -0.2) is 4.79 Å². The lowest BCUT2D eigenvalue weighted by Crippen LogP contribution is -2.28. The molecule has 0 heterocycles. The van der Waals surface area contributed by atoms with Crippen LogP contribution in [0.15, 0.2) is 66.7 Å². The van der Waals surface area contributed by atoms with Crippen molar-refractivity contribution in [3.63, 3.8) is 0 Å². The highest BCUT2D eigenvalue weighted by Gasteiger charge is 2.01. The molecule has 0 aliphatic carbocycles. The number of amides is 2. The summed E-state index contributed by atoms with van der Waals surface area (Å²) in [5.74, 6) is 7.36. The maximum Gasteiger partial charge on any atom is 0.319 e. The van der Waals surface area contributed by atoms with E-state index in [9.17, 15) is 4.79 Å². The van der Waals surface area contributed by atoms with Crippen molar-refractivity contribution in [3.05, 3.63) is 66.7 Å². The summed E-state index contributed by atoms with van der Waals surface area (Å²) in [5.41, 5.74) is 0.688. The molecule has 2 amide bonds. The van der Waals surface area contributed by atoms with E-state index >= 15 is 0 Å². The van der Waals surface area contributed by atoms with Crippen molar-refractivity contribution in [1.29, 1.82) is 0 Å². The first-order valence-corrected chi connectivity index (χ1v) is 9.10. The number of urea groups is 1. The molecule has 0 unspecified atom stereocenters. The summed E-state index contributed by atoms with van der Waals surface area (Å²) in [4.78, 5) is 11.9. The first-order chi connectivity index (χ1) is 13.8. The fourth-order valence-corrected chi connectivity index (χ4v) is 2.65. The van der Waals surface area contributed by atoms with Crippen LogP contribution in [0.3, 0.4) is 0 Å². The Morgan fingerprint density at radius 3 is 2.54 bits per heavy atom. The Morgan fingerprint density at radius 2 is 1.71 bits per heavy atom. The Hall–Kier alpha value is -3.65. The van der Waals surface area contributed by atoms with E-state index in [1.165, 1.54) is 0 Å². The quantitative estimate of drug-likeness (QED) is 0.627. The van der Waals surface area contributed by atoms with Crippen LogP contribution in [0, 0.1) is 11.8 Å². The van der Waals surface area contributed by atoms with Gasteiger partial charge < -0.3 is 20.1 Å². The fraction of sp³-hybridized carbons (Fsp3) is 0.174. The fourth-order valence-electron chi connectivity index (χ4n) is 2.65. The summed E-state index contributed by atoms with van der Waals surface area (Å²) < 4.78 is 11.1. The van der Waals surface area contributed by atoms with E-state index < -0.39 is 0 Å². The molecular weight excluding hydrogens is 352 g/mol. The Bertz CT molecular complexity index is 983. The van der Waals surface area contributed by atoms with Gasteiger partial charge in [0.15, 0.2) is 0 Å². The largest absolute Gasteiger partial charge is 0.494 e. The van der Waals surface area contributed by atoms with Gasteiger partial charge in [-0.3, -0.25) is 0 Å². The van der Waals surface area contributed by atoms with Crippen molar-refractivity contribution < 1.29 is 14.3 Å². The van der Waals surface area contributed by atoms with Crippen molar-refractivity contribution in [2.45, 2.75) is 6.92 Å². The molecule has 5 nitrogen and oxygen atoms in total. The average molecular weight is 374 g/mol. The molecule has 0 fully saturated rings. The number of nitrogens with one attached hydrogen (secondary N) is 2. The summed E-state index contributed by atoms with van der Waals surface area (Å²) in [5, 5.41) is 7.61. The van der Waals surface area contributed by atoms with Gasteiger partial charge in [-0.05, 0) is 42.6 Å². The maximum atomic E-state index is 11.9. The zero-order chi connectivity index (χ0) is 19.6. The highest BCUT2D eigenvalue weighted by Crippen LogP contribution is 2.24. The molecule has 3 aromatic rings. The second kappa shape index (κ2) is 9.89. The van der Waals surface area contributed by atoms with E-state index in [0.29, 0.717) is 12.3 Å². The van der Waals surface area contributed by atoms with Crippen LogP contribution < -0.4 is 20.1 Å². The van der Waals surface area contributed by atoms with E-state index in [1.807, 2.05) is 61.5 Å². The van der Waals surface area contributed by atoms with Gasteiger partial charge in [0.25, 0.3) is 0 Å². The smallest absolute Gasteiger partial charge is 0.319 e. The lowest BCUT2D eigenvalue weighted by atomic mass is 10.1. The molecule has 0 saturated carbocycles. The normalized spacial score (nSPS) is 9.89. The van der Waals surface area contributed by atoms with E-state index in [0.717, 1.165) is 22.3 Å². The standard InChI is InChI=1S/C23H22N2O3/c1-2-27-20-14-12-19(13-15-20)25-23(26)24-16-5-6-17-28-22-11-7-9-18-8-3-4-10-21(18)22/h3-4,7-15H,2,16-17H2,1H3,(H2,24,25,26). The minimum absolute atomic E-state index is 0.238. The highest BCUT2D eigenvalue weighted by molar-refractivity contribution is 5.89. The predicted molar refractivity (Wildman–Crippen MR) is 112 cm³/mol. The van der Waals surface area contributed by atoms with Gasteiger partial charge in [-0.2, -0.15) is 0 Å². The molecule has 3 rings (SSSR count). The SMILES string of the molecule is CCOc1ccc(NC(=O)NCC#CCOc2cccc3ccccc23)cc1. The number of anilines is 1. The molecule has 5 heteroatoms. The second-order valence-electron chi connectivity index (χ2n) is 5.88. The number of benzene rings is 3. The molecule has 3 aromatic carbocycles. The lowest BCUT2D eigenvalue weighted by molar-refractivity contribution is 0.253. The van der Waals surface area contributed by atoms with Gasteiger partial charge in [0, 0.05) is 11.1 Å². The van der Waals surface area contributed by atoms with E-state index in [-0.39, 0.29) is 19.2 Å². The number of ether oxygens (including phenoxy) is 2. The summed E-state index contributed by atoms with van der Waals surface area (Å²) in [6.45, 7) is 3.03. The third-order valence-corrected chi connectivity index (χ3v) is 3.93. The molecule has 28 heavy (non-hydrogen) atoms. The van der Waals surface area contributed by atoms with Crippen molar-refractivity contribution in [1.82, 2.24) is 5.32 Å². The van der Waals surface area contributed by atoms with Crippen LogP contribution in [-0.2, 0) is 0 Å². The first kappa shape index (κ1) is 19.1. The zero-order valence-corrected chi connectivity index (χ0v) is 15.7. The monoisotopic (exact) mass is 374 g/mol. The van der Waals surface area contributed by atoms with Crippen molar-refractivity contribution >= 4 is 22.5 Å². The van der Waals surface area contributed by atoms with Crippen molar-refractivity contribution in [2.24, 2.45) is 0 Å². The van der Waals surface area contributed by atoms with Gasteiger partial charge in [0.2, 0.25) is 0 Å². The van der Waals surface area contributed by atoms with Crippen LogP contribution in [0.25, 0.3) is 10.8 Å². The van der Waals surface area contributed by atoms with Crippen LogP contribution >= 0.6 is 0 Å². The topological polar surface area (TPSA) is 59.6 Å². The number of carbonyl (C=O) groups excluding carboxylic acids is 1. The van der Waals surface area contributed by atoms with E-state index in [2.05, 4.69) is 22.5 Å². The third kappa shape index (κ3) is 5.42. The molecule has 142 valence electrons. The number of hydrogen-bond acceptors (Lipinski definition) is 3. The molecule has 0 saturated heterocycles. The lowest BCUT2D eigenvalue weighted by Gasteiger charge is -2.07. The molecule has 0 bridgehead atoms. The summed E-state index contributed by atoms with van der Waals surface area (Å²) in [7, 11) is 0. The molecule has 0 atom stereocenters. The summed E-state index contributed by atoms with van der Waals surface area (Å²) in [6, 6.07) is 20.8. The zero-order valence-electron chi connectivity index (χ0n) is 15.7. The number of carbonyl (C=O) groups is 1. The Balaban J connectivity index is 1.41. The highest BCUT2D eigenvalue weighted by atomic mass is 16.5. The summed E-state index contributed by atoms with van der Waals surface area (Å²) in [6.07, 6.45) is 0. The van der Waals surface area contributed by atoms with Crippen LogP contribution in [0.1, 0.15) is 6.92 Å². The maximum absolute atomic E-state index is 11.9. The predicted octanol–water partition coefficient (Wildman–Crippen LogP) is 4.44. The first-order valence-electron chi connectivity index (χ1n) is 9.10. The van der Waals surface area contributed by atoms with Crippen molar-refractivity contribution in [2.75, 3.05) is 25.1 Å². The van der Waals surface area contributed by atoms with E-state index in [4.69, 9.17) is 9.47 Å². The van der Waals surface area contributed by atoms with Crippen LogP contribution in [-0.4, -0.2) is 25.8 Å². The van der Waals surface area contributed by atoms with Crippen molar-refractivity contribution in [3.8, 4) is 23.3 Å². The minimum Gasteiger partial charge on any atom is -0.494 e. The second-order valence-corrected chi connectivity index (χ2v) is 5.88. The molecule has 0 spiro atoms. The summed E-state index contributed by atoms with van der Waals surface area (Å²) >= 11 is 0. The molecule has 0 aromatic heterocycles. The van der Waals surface area contributed by atoms with Gasteiger partial charge in [-0.15, -0.1) is 0 Å². The number of hydrogen-bond donors (Lipinski definition) is 2. The van der Waals surface area contributed by atoms with Gasteiger partial charge >= 0.3 is 6.03 Å². The van der Waals surface area contributed by atoms with Crippen LogP contribution in [0.2, 0.25) is 0 Å². The molecule has 0 radical (unpaired) electrons. The molecule has 0 aliphatic heterocycles. The molecule has 0 aliphatic rings. The Labute approximate surface area is 164 Å². The van der Waals surface area contributed by atoms with Gasteiger partial charge in [0.1, 0.15) is 18.1 Å². The number of rotatable bonds is 6. The third-order valence-electron chi connectivity index (χ3n) is 3.93.